The van der Waals surface area contributed by atoms with E-state index in [0.717, 1.165) is 23.4 Å². The molecule has 7 nitrogen and oxygen atoms in total. The first kappa shape index (κ1) is 19.9. The van der Waals surface area contributed by atoms with E-state index in [9.17, 15) is 18.0 Å². The molecule has 31 heavy (non-hydrogen) atoms. The standard InChI is InChI=1S/C21H20F3N5O2/c1-12-25-8-15-14-2-3-16(13-4-6-31-7-5-13)27-17(14)9-28(10-21(22,23)24)20(30)18-19(15)29(12)11-26-18/h2-3,8,11,13H,4-7,9-10H2,1H3. The number of ether oxygens (including phenoxy) is 1. The van der Waals surface area contributed by atoms with Gasteiger partial charge in [0.05, 0.1) is 17.8 Å². The molecule has 1 amide bonds. The molecule has 162 valence electrons. The van der Waals surface area contributed by atoms with E-state index in [1.54, 1.807) is 17.5 Å². The maximum Gasteiger partial charge on any atom is 0.406 e. The molecule has 0 N–H and O–H groups in total. The van der Waals surface area contributed by atoms with Gasteiger partial charge in [-0.3, -0.25) is 14.2 Å². The summed E-state index contributed by atoms with van der Waals surface area (Å²) >= 11 is 0. The summed E-state index contributed by atoms with van der Waals surface area (Å²) in [6.45, 7) is 1.39. The number of alkyl halides is 3. The van der Waals surface area contributed by atoms with Gasteiger partial charge >= 0.3 is 6.18 Å². The first-order valence-corrected chi connectivity index (χ1v) is 10.1. The van der Waals surface area contributed by atoms with Gasteiger partial charge in [-0.05, 0) is 25.8 Å². The van der Waals surface area contributed by atoms with Crippen LogP contribution in [0.3, 0.4) is 0 Å². The van der Waals surface area contributed by atoms with Crippen LogP contribution in [0.2, 0.25) is 0 Å². The summed E-state index contributed by atoms with van der Waals surface area (Å²) in [7, 11) is 0. The van der Waals surface area contributed by atoms with Gasteiger partial charge in [0.15, 0.2) is 5.69 Å². The predicted octanol–water partition coefficient (Wildman–Crippen LogP) is 3.51. The van der Waals surface area contributed by atoms with Crippen molar-refractivity contribution in [3.05, 3.63) is 47.6 Å². The molecule has 0 bridgehead atoms. The highest BCUT2D eigenvalue weighted by molar-refractivity contribution is 6.04. The second kappa shape index (κ2) is 7.30. The van der Waals surface area contributed by atoms with Crippen molar-refractivity contribution in [1.82, 2.24) is 24.3 Å². The number of fused-ring (bicyclic) bond motifs is 2. The quantitative estimate of drug-likeness (QED) is 0.621. The number of halogens is 3. The van der Waals surface area contributed by atoms with Crippen LogP contribution < -0.4 is 0 Å². The van der Waals surface area contributed by atoms with Gasteiger partial charge in [0, 0.05) is 42.1 Å². The number of aryl methyl sites for hydroxylation is 1. The van der Waals surface area contributed by atoms with Crippen molar-refractivity contribution in [2.75, 3.05) is 19.8 Å². The van der Waals surface area contributed by atoms with Crippen LogP contribution in [0.4, 0.5) is 13.2 Å². The minimum absolute atomic E-state index is 0.0103. The highest BCUT2D eigenvalue weighted by atomic mass is 19.4. The molecule has 3 aromatic rings. The zero-order valence-corrected chi connectivity index (χ0v) is 16.8. The van der Waals surface area contributed by atoms with Crippen LogP contribution in [0.5, 0.6) is 0 Å². The Morgan fingerprint density at radius 3 is 2.68 bits per heavy atom. The van der Waals surface area contributed by atoms with Crippen molar-refractivity contribution in [3.8, 4) is 11.1 Å². The molecular formula is C21H20F3N5O2. The van der Waals surface area contributed by atoms with Gasteiger partial charge in [0.2, 0.25) is 0 Å². The van der Waals surface area contributed by atoms with Crippen LogP contribution >= 0.6 is 0 Å². The average molecular weight is 431 g/mol. The first-order valence-electron chi connectivity index (χ1n) is 10.1. The van der Waals surface area contributed by atoms with E-state index in [1.807, 2.05) is 12.1 Å². The number of amides is 1. The van der Waals surface area contributed by atoms with Crippen molar-refractivity contribution >= 4 is 11.4 Å². The third kappa shape index (κ3) is 3.54. The normalized spacial score (nSPS) is 17.5. The Labute approximate surface area is 175 Å². The lowest BCUT2D eigenvalue weighted by Gasteiger charge is -2.28. The summed E-state index contributed by atoms with van der Waals surface area (Å²) < 4.78 is 47.0. The number of aromatic nitrogens is 4. The van der Waals surface area contributed by atoms with Crippen molar-refractivity contribution < 1.29 is 22.7 Å². The van der Waals surface area contributed by atoms with Gasteiger partial charge in [0.25, 0.3) is 5.91 Å². The van der Waals surface area contributed by atoms with Gasteiger partial charge in [-0.15, -0.1) is 0 Å². The van der Waals surface area contributed by atoms with E-state index in [0.29, 0.717) is 41.4 Å². The van der Waals surface area contributed by atoms with E-state index in [1.165, 1.54) is 6.33 Å². The smallest absolute Gasteiger partial charge is 0.381 e. The first-order chi connectivity index (χ1) is 14.8. The van der Waals surface area contributed by atoms with Gasteiger partial charge < -0.3 is 9.64 Å². The second-order valence-electron chi connectivity index (χ2n) is 7.92. The Kier molecular flexibility index (Phi) is 4.69. The fourth-order valence-corrected chi connectivity index (χ4v) is 4.34. The number of hydrogen-bond acceptors (Lipinski definition) is 5. The Morgan fingerprint density at radius 2 is 1.94 bits per heavy atom. The third-order valence-electron chi connectivity index (χ3n) is 5.88. The molecule has 0 aliphatic carbocycles. The number of carbonyl (C=O) groups excluding carboxylic acids is 1. The zero-order valence-electron chi connectivity index (χ0n) is 16.8. The molecule has 1 saturated heterocycles. The Morgan fingerprint density at radius 1 is 1.16 bits per heavy atom. The molecule has 0 aromatic carbocycles. The van der Waals surface area contributed by atoms with Crippen LogP contribution in [0, 0.1) is 6.92 Å². The van der Waals surface area contributed by atoms with Gasteiger partial charge in [-0.1, -0.05) is 6.07 Å². The zero-order chi connectivity index (χ0) is 21.8. The molecule has 0 saturated carbocycles. The van der Waals surface area contributed by atoms with Crippen LogP contribution in [0.25, 0.3) is 16.6 Å². The van der Waals surface area contributed by atoms with Crippen molar-refractivity contribution in [3.63, 3.8) is 0 Å². The molecule has 0 unspecified atom stereocenters. The fourth-order valence-electron chi connectivity index (χ4n) is 4.34. The van der Waals surface area contributed by atoms with Crippen LogP contribution in [0.1, 0.15) is 46.5 Å². The van der Waals surface area contributed by atoms with Gasteiger partial charge in [-0.25, -0.2) is 9.97 Å². The van der Waals surface area contributed by atoms with Crippen molar-refractivity contribution in [2.45, 2.75) is 38.4 Å². The molecule has 5 heterocycles. The van der Waals surface area contributed by atoms with E-state index in [2.05, 4.69) is 9.97 Å². The molecule has 10 heteroatoms. The summed E-state index contributed by atoms with van der Waals surface area (Å²) in [5, 5.41) is 0. The number of imidazole rings is 1. The Bertz CT molecular complexity index is 1170. The summed E-state index contributed by atoms with van der Waals surface area (Å²) in [5.74, 6) is -0.00452. The maximum atomic E-state index is 13.3. The topological polar surface area (TPSA) is 72.6 Å². The largest absolute Gasteiger partial charge is 0.406 e. The van der Waals surface area contributed by atoms with Crippen molar-refractivity contribution in [2.24, 2.45) is 0 Å². The summed E-state index contributed by atoms with van der Waals surface area (Å²) in [5.41, 5.74) is 2.98. The minimum atomic E-state index is -4.54. The number of nitrogens with zero attached hydrogens (tertiary/aromatic N) is 5. The molecule has 5 rings (SSSR count). The molecule has 1 fully saturated rings. The van der Waals surface area contributed by atoms with Gasteiger partial charge in [-0.2, -0.15) is 13.2 Å². The molecule has 2 aliphatic heterocycles. The lowest BCUT2D eigenvalue weighted by Crippen LogP contribution is -2.39. The molecule has 0 radical (unpaired) electrons. The summed E-state index contributed by atoms with van der Waals surface area (Å²) in [6, 6.07) is 3.79. The lowest BCUT2D eigenvalue weighted by atomic mass is 9.93. The Hall–Kier alpha value is -3.01. The highest BCUT2D eigenvalue weighted by Crippen LogP contribution is 2.35. The van der Waals surface area contributed by atoms with Gasteiger partial charge in [0.1, 0.15) is 18.7 Å². The molecule has 2 aliphatic rings. The third-order valence-corrected chi connectivity index (χ3v) is 5.88. The monoisotopic (exact) mass is 431 g/mol. The van der Waals surface area contributed by atoms with Crippen LogP contribution in [-0.4, -0.2) is 56.1 Å². The molecular weight excluding hydrogens is 411 g/mol. The number of carbonyl (C=O) groups is 1. The lowest BCUT2D eigenvalue weighted by molar-refractivity contribution is -0.141. The molecule has 3 aromatic heterocycles. The minimum Gasteiger partial charge on any atom is -0.381 e. The van der Waals surface area contributed by atoms with E-state index < -0.39 is 18.6 Å². The maximum absolute atomic E-state index is 13.3. The van der Waals surface area contributed by atoms with E-state index in [-0.39, 0.29) is 18.2 Å². The van der Waals surface area contributed by atoms with Crippen molar-refractivity contribution in [1.29, 1.82) is 0 Å². The van der Waals surface area contributed by atoms with Crippen LogP contribution in [-0.2, 0) is 11.3 Å². The number of pyridine rings is 1. The summed E-state index contributed by atoms with van der Waals surface area (Å²) in [6.07, 6.45) is 0.134. The highest BCUT2D eigenvalue weighted by Gasteiger charge is 2.37. The van der Waals surface area contributed by atoms with E-state index in [4.69, 9.17) is 9.72 Å². The van der Waals surface area contributed by atoms with Crippen LogP contribution in [0.15, 0.2) is 24.7 Å². The van der Waals surface area contributed by atoms with E-state index >= 15 is 0 Å². The fraction of sp³-hybridized carbons (Fsp3) is 0.429. The Balaban J connectivity index is 1.71. The predicted molar refractivity (Wildman–Crippen MR) is 105 cm³/mol. The number of hydrogen-bond donors (Lipinski definition) is 0. The summed E-state index contributed by atoms with van der Waals surface area (Å²) in [4.78, 5) is 27.2. The number of rotatable bonds is 2. The molecule has 0 spiro atoms. The SMILES string of the molecule is Cc1ncc2c3c(ncn13)C(=O)N(CC(F)(F)F)Cc1nc(C3CCOCC3)ccc1-2. The average Bonchev–Trinajstić information content (AvgIpc) is 3.18. The second-order valence-corrected chi connectivity index (χ2v) is 7.92. The molecule has 0 atom stereocenters.